The number of nitrogens with two attached hydrogens (primary N) is 1. The van der Waals surface area contributed by atoms with Gasteiger partial charge in [0.1, 0.15) is 11.6 Å². The lowest BCUT2D eigenvalue weighted by molar-refractivity contribution is 0.0627. The van der Waals surface area contributed by atoms with Crippen molar-refractivity contribution in [2.24, 2.45) is 5.73 Å². The summed E-state index contributed by atoms with van der Waals surface area (Å²) in [5.74, 6) is 0.536. The number of hydrogen-bond acceptors (Lipinski definition) is 4. The molecule has 3 aromatic rings. The predicted molar refractivity (Wildman–Crippen MR) is 122 cm³/mol. The van der Waals surface area contributed by atoms with Gasteiger partial charge in [-0.2, -0.15) is 0 Å². The standard InChI is InChI=1S/C26H31FN2O2/c1-29(18-21-12-14-23(30-2)15-13-21)17-16-26(28,24-10-6-7-11-25(24)27)20-31-19-22-8-4-3-5-9-22/h3-15H,16-20,28H2,1-2H3. The van der Waals surface area contributed by atoms with Crippen molar-refractivity contribution in [2.75, 3.05) is 27.3 Å². The Hall–Kier alpha value is -2.73. The average molecular weight is 423 g/mol. The molecule has 31 heavy (non-hydrogen) atoms. The van der Waals surface area contributed by atoms with Crippen LogP contribution in [-0.4, -0.2) is 32.2 Å². The van der Waals surface area contributed by atoms with Gasteiger partial charge in [-0.25, -0.2) is 4.39 Å². The maximum Gasteiger partial charge on any atom is 0.128 e. The molecule has 0 aliphatic rings. The van der Waals surface area contributed by atoms with E-state index in [2.05, 4.69) is 4.90 Å². The highest BCUT2D eigenvalue weighted by Crippen LogP contribution is 2.26. The van der Waals surface area contributed by atoms with Crippen molar-refractivity contribution in [3.05, 3.63) is 101 Å². The van der Waals surface area contributed by atoms with Gasteiger partial charge >= 0.3 is 0 Å². The van der Waals surface area contributed by atoms with Crippen LogP contribution >= 0.6 is 0 Å². The van der Waals surface area contributed by atoms with E-state index in [1.54, 1.807) is 19.2 Å². The van der Waals surface area contributed by atoms with Gasteiger partial charge in [0.15, 0.2) is 0 Å². The first kappa shape index (κ1) is 22.9. The van der Waals surface area contributed by atoms with Gasteiger partial charge in [0, 0.05) is 18.7 Å². The Kier molecular flexibility index (Phi) is 8.18. The summed E-state index contributed by atoms with van der Waals surface area (Å²) in [4.78, 5) is 2.18. The molecule has 0 saturated carbocycles. The van der Waals surface area contributed by atoms with Gasteiger partial charge in [-0.3, -0.25) is 0 Å². The van der Waals surface area contributed by atoms with Crippen LogP contribution in [-0.2, 0) is 23.4 Å². The van der Waals surface area contributed by atoms with E-state index in [9.17, 15) is 4.39 Å². The van der Waals surface area contributed by atoms with Gasteiger partial charge < -0.3 is 20.1 Å². The maximum absolute atomic E-state index is 14.6. The van der Waals surface area contributed by atoms with E-state index in [0.717, 1.165) is 17.9 Å². The fraction of sp³-hybridized carbons (Fsp3) is 0.308. The highest BCUT2D eigenvalue weighted by atomic mass is 19.1. The number of ether oxygens (including phenoxy) is 2. The second kappa shape index (κ2) is 11.0. The Labute approximate surface area is 184 Å². The third-order valence-electron chi connectivity index (χ3n) is 5.43. The second-order valence-electron chi connectivity index (χ2n) is 7.95. The van der Waals surface area contributed by atoms with E-state index < -0.39 is 5.54 Å². The minimum atomic E-state index is -0.922. The Morgan fingerprint density at radius 2 is 1.58 bits per heavy atom. The molecule has 0 radical (unpaired) electrons. The highest BCUT2D eigenvalue weighted by Gasteiger charge is 2.30. The number of halogens is 1. The molecule has 0 amide bonds. The lowest BCUT2D eigenvalue weighted by Gasteiger charge is -2.32. The van der Waals surface area contributed by atoms with Gasteiger partial charge in [-0.1, -0.05) is 60.7 Å². The molecular formula is C26H31FN2O2. The van der Waals surface area contributed by atoms with E-state index in [0.29, 0.717) is 25.1 Å². The summed E-state index contributed by atoms with van der Waals surface area (Å²) in [6.07, 6.45) is 0.565. The molecule has 164 valence electrons. The molecule has 3 aromatic carbocycles. The monoisotopic (exact) mass is 422 g/mol. The summed E-state index contributed by atoms with van der Waals surface area (Å²) in [6.45, 7) is 2.14. The number of methoxy groups -OCH3 is 1. The van der Waals surface area contributed by atoms with E-state index in [-0.39, 0.29) is 12.4 Å². The zero-order chi connectivity index (χ0) is 22.1. The summed E-state index contributed by atoms with van der Waals surface area (Å²) in [5, 5.41) is 0. The third-order valence-corrected chi connectivity index (χ3v) is 5.43. The van der Waals surface area contributed by atoms with Crippen LogP contribution in [0.4, 0.5) is 4.39 Å². The normalized spacial score (nSPS) is 13.2. The smallest absolute Gasteiger partial charge is 0.128 e. The second-order valence-corrected chi connectivity index (χ2v) is 7.95. The lowest BCUT2D eigenvalue weighted by atomic mass is 9.87. The van der Waals surface area contributed by atoms with E-state index in [4.69, 9.17) is 15.2 Å². The van der Waals surface area contributed by atoms with Crippen molar-refractivity contribution in [2.45, 2.75) is 25.1 Å². The Bertz CT molecular complexity index is 934. The summed E-state index contributed by atoms with van der Waals surface area (Å²) in [6, 6.07) is 24.6. The Morgan fingerprint density at radius 3 is 2.26 bits per heavy atom. The van der Waals surface area contributed by atoms with Crippen LogP contribution in [0.5, 0.6) is 5.75 Å². The molecule has 0 fully saturated rings. The van der Waals surface area contributed by atoms with E-state index in [1.165, 1.54) is 11.6 Å². The molecule has 0 aliphatic heterocycles. The minimum absolute atomic E-state index is 0.235. The fourth-order valence-electron chi connectivity index (χ4n) is 3.59. The van der Waals surface area contributed by atoms with Gasteiger partial charge in [0.05, 0.1) is 25.9 Å². The van der Waals surface area contributed by atoms with Crippen LogP contribution in [0.2, 0.25) is 0 Å². The van der Waals surface area contributed by atoms with Crippen molar-refractivity contribution in [1.82, 2.24) is 4.90 Å². The SMILES string of the molecule is COc1ccc(CN(C)CCC(N)(COCc2ccccc2)c2ccccc2F)cc1. The summed E-state index contributed by atoms with van der Waals surface area (Å²) >= 11 is 0. The fourth-order valence-corrected chi connectivity index (χ4v) is 3.59. The largest absolute Gasteiger partial charge is 0.497 e. The molecule has 2 N–H and O–H groups in total. The number of benzene rings is 3. The third kappa shape index (κ3) is 6.62. The lowest BCUT2D eigenvalue weighted by Crippen LogP contribution is -2.44. The molecule has 0 heterocycles. The molecule has 0 aliphatic carbocycles. The van der Waals surface area contributed by atoms with Gasteiger partial charge in [0.2, 0.25) is 0 Å². The van der Waals surface area contributed by atoms with Crippen molar-refractivity contribution in [3.63, 3.8) is 0 Å². The summed E-state index contributed by atoms with van der Waals surface area (Å²) in [7, 11) is 3.70. The molecule has 0 aromatic heterocycles. The topological polar surface area (TPSA) is 47.7 Å². The zero-order valence-electron chi connectivity index (χ0n) is 18.3. The first-order valence-electron chi connectivity index (χ1n) is 10.5. The molecule has 1 unspecified atom stereocenters. The number of nitrogens with zero attached hydrogens (tertiary/aromatic N) is 1. The molecule has 0 spiro atoms. The molecule has 1 atom stereocenters. The molecule has 4 nitrogen and oxygen atoms in total. The minimum Gasteiger partial charge on any atom is -0.497 e. The Balaban J connectivity index is 1.64. The molecule has 5 heteroatoms. The molecule has 0 bridgehead atoms. The first-order valence-corrected chi connectivity index (χ1v) is 10.5. The Morgan fingerprint density at radius 1 is 0.903 bits per heavy atom. The van der Waals surface area contributed by atoms with Gasteiger partial charge in [-0.15, -0.1) is 0 Å². The maximum atomic E-state index is 14.6. The average Bonchev–Trinajstić information content (AvgIpc) is 2.79. The summed E-state index contributed by atoms with van der Waals surface area (Å²) in [5.41, 5.74) is 8.56. The van der Waals surface area contributed by atoms with Crippen molar-refractivity contribution < 1.29 is 13.9 Å². The quantitative estimate of drug-likeness (QED) is 0.485. The number of hydrogen-bond donors (Lipinski definition) is 1. The van der Waals surface area contributed by atoms with Crippen LogP contribution in [0, 0.1) is 5.82 Å². The predicted octanol–water partition coefficient (Wildman–Crippen LogP) is 4.73. The van der Waals surface area contributed by atoms with Crippen molar-refractivity contribution >= 4 is 0 Å². The van der Waals surface area contributed by atoms with Crippen LogP contribution < -0.4 is 10.5 Å². The van der Waals surface area contributed by atoms with E-state index >= 15 is 0 Å². The number of rotatable bonds is 11. The zero-order valence-corrected chi connectivity index (χ0v) is 18.3. The van der Waals surface area contributed by atoms with Crippen LogP contribution in [0.3, 0.4) is 0 Å². The summed E-state index contributed by atoms with van der Waals surface area (Å²) < 4.78 is 25.8. The van der Waals surface area contributed by atoms with Crippen molar-refractivity contribution in [1.29, 1.82) is 0 Å². The molecular weight excluding hydrogens is 391 g/mol. The van der Waals surface area contributed by atoms with Crippen LogP contribution in [0.1, 0.15) is 23.1 Å². The van der Waals surface area contributed by atoms with E-state index in [1.807, 2.05) is 67.7 Å². The van der Waals surface area contributed by atoms with Crippen molar-refractivity contribution in [3.8, 4) is 5.75 Å². The van der Waals surface area contributed by atoms with Gasteiger partial charge in [-0.05, 0) is 42.8 Å². The van der Waals surface area contributed by atoms with Gasteiger partial charge in [0.25, 0.3) is 0 Å². The first-order chi connectivity index (χ1) is 15.0. The van der Waals surface area contributed by atoms with Crippen LogP contribution in [0.15, 0.2) is 78.9 Å². The molecule has 0 saturated heterocycles. The highest BCUT2D eigenvalue weighted by molar-refractivity contribution is 5.28. The molecule has 3 rings (SSSR count). The van der Waals surface area contributed by atoms with Crippen LogP contribution in [0.25, 0.3) is 0 Å².